The van der Waals surface area contributed by atoms with Crippen molar-refractivity contribution in [1.82, 2.24) is 14.8 Å². The summed E-state index contributed by atoms with van der Waals surface area (Å²) in [6.07, 6.45) is 7.02. The van der Waals surface area contributed by atoms with Gasteiger partial charge in [-0.1, -0.05) is 6.07 Å². The van der Waals surface area contributed by atoms with E-state index in [1.807, 2.05) is 12.3 Å². The maximum Gasteiger partial charge on any atom is 0.407 e. The van der Waals surface area contributed by atoms with Crippen LogP contribution in [0, 0.1) is 0 Å². The van der Waals surface area contributed by atoms with Gasteiger partial charge in [0.2, 0.25) is 0 Å². The molecule has 2 fully saturated rings. The lowest BCUT2D eigenvalue weighted by molar-refractivity contribution is 0.0371. The predicted molar refractivity (Wildman–Crippen MR) is 91.2 cm³/mol. The van der Waals surface area contributed by atoms with E-state index in [1.54, 1.807) is 6.20 Å². The molecule has 1 aromatic rings. The molecule has 0 radical (unpaired) electrons. The second-order valence-corrected chi connectivity index (χ2v) is 6.89. The van der Waals surface area contributed by atoms with Gasteiger partial charge in [0.05, 0.1) is 13.2 Å². The number of piperidine rings is 1. The van der Waals surface area contributed by atoms with Gasteiger partial charge in [-0.05, 0) is 50.4 Å². The van der Waals surface area contributed by atoms with Crippen LogP contribution in [0.2, 0.25) is 0 Å². The van der Waals surface area contributed by atoms with Crippen molar-refractivity contribution in [2.24, 2.45) is 0 Å². The lowest BCUT2D eigenvalue weighted by atomic mass is 9.74. The summed E-state index contributed by atoms with van der Waals surface area (Å²) in [5.41, 5.74) is 1.04. The first kappa shape index (κ1) is 17.2. The van der Waals surface area contributed by atoms with Gasteiger partial charge in [0.25, 0.3) is 0 Å². The van der Waals surface area contributed by atoms with E-state index in [9.17, 15) is 9.90 Å². The highest BCUT2D eigenvalue weighted by Gasteiger charge is 2.38. The van der Waals surface area contributed by atoms with Gasteiger partial charge in [0.1, 0.15) is 0 Å². The average molecular weight is 333 g/mol. The zero-order valence-corrected chi connectivity index (χ0v) is 14.2. The van der Waals surface area contributed by atoms with Crippen LogP contribution in [0.3, 0.4) is 0 Å². The second-order valence-electron chi connectivity index (χ2n) is 6.89. The van der Waals surface area contributed by atoms with Crippen molar-refractivity contribution in [3.63, 3.8) is 0 Å². The van der Waals surface area contributed by atoms with Crippen molar-refractivity contribution in [1.29, 1.82) is 0 Å². The smallest absolute Gasteiger partial charge is 0.407 e. The lowest BCUT2D eigenvalue weighted by Gasteiger charge is -2.41. The van der Waals surface area contributed by atoms with E-state index in [0.717, 1.165) is 31.6 Å². The topological polar surface area (TPSA) is 65.9 Å². The number of nitrogens with zero attached hydrogens (tertiary/aromatic N) is 3. The van der Waals surface area contributed by atoms with Gasteiger partial charge in [0.15, 0.2) is 0 Å². The monoisotopic (exact) mass is 333 g/mol. The minimum absolute atomic E-state index is 0.120. The van der Waals surface area contributed by atoms with Gasteiger partial charge < -0.3 is 19.6 Å². The van der Waals surface area contributed by atoms with Crippen LogP contribution >= 0.6 is 0 Å². The van der Waals surface area contributed by atoms with Crippen LogP contribution in [-0.2, 0) is 10.2 Å². The molecular formula is C18H27N3O3. The number of hydrogen-bond donors (Lipinski definition) is 1. The summed E-state index contributed by atoms with van der Waals surface area (Å²) in [5, 5.41) is 9.19. The molecule has 24 heavy (non-hydrogen) atoms. The van der Waals surface area contributed by atoms with E-state index in [1.165, 1.54) is 30.8 Å². The fourth-order valence-corrected chi connectivity index (χ4v) is 3.79. The number of ether oxygens (including phenoxy) is 1. The third-order valence-corrected chi connectivity index (χ3v) is 5.39. The highest BCUT2D eigenvalue weighted by Crippen LogP contribution is 2.35. The van der Waals surface area contributed by atoms with Crippen molar-refractivity contribution < 1.29 is 14.6 Å². The Balaban J connectivity index is 1.59. The highest BCUT2D eigenvalue weighted by atomic mass is 16.5. The molecule has 0 atom stereocenters. The summed E-state index contributed by atoms with van der Waals surface area (Å²) in [4.78, 5) is 19.4. The Hall–Kier alpha value is -1.66. The van der Waals surface area contributed by atoms with Crippen LogP contribution in [0.5, 0.6) is 0 Å². The van der Waals surface area contributed by atoms with E-state index in [4.69, 9.17) is 4.74 Å². The normalized spacial score (nSPS) is 21.1. The molecule has 0 spiro atoms. The Labute approximate surface area is 143 Å². The molecule has 1 N–H and O–H groups in total. The maximum atomic E-state index is 11.2. The quantitative estimate of drug-likeness (QED) is 0.809. The van der Waals surface area contributed by atoms with Gasteiger partial charge >= 0.3 is 6.09 Å². The molecule has 6 heteroatoms. The van der Waals surface area contributed by atoms with Crippen molar-refractivity contribution >= 4 is 6.09 Å². The number of amides is 1. The lowest BCUT2D eigenvalue weighted by Crippen LogP contribution is -2.47. The number of hydrogen-bond acceptors (Lipinski definition) is 4. The molecule has 0 bridgehead atoms. The van der Waals surface area contributed by atoms with Gasteiger partial charge in [-0.3, -0.25) is 4.98 Å². The molecule has 2 aliphatic rings. The molecule has 1 aromatic heterocycles. The van der Waals surface area contributed by atoms with E-state index in [-0.39, 0.29) is 5.41 Å². The number of likely N-dealkylation sites (tertiary alicyclic amines) is 2. The molecule has 3 heterocycles. The predicted octanol–water partition coefficient (Wildman–Crippen LogP) is 2.21. The first-order chi connectivity index (χ1) is 11.7. The largest absolute Gasteiger partial charge is 0.465 e. The zero-order chi connectivity index (χ0) is 16.8. The molecule has 2 aliphatic heterocycles. The van der Waals surface area contributed by atoms with Crippen LogP contribution in [0.1, 0.15) is 31.2 Å². The van der Waals surface area contributed by atoms with Gasteiger partial charge in [0, 0.05) is 37.4 Å². The third kappa shape index (κ3) is 4.05. The first-order valence-corrected chi connectivity index (χ1v) is 8.88. The number of carboxylic acid groups (broad SMARTS) is 1. The Bertz CT molecular complexity index is 524. The van der Waals surface area contributed by atoms with E-state index in [2.05, 4.69) is 16.0 Å². The van der Waals surface area contributed by atoms with Crippen LogP contribution in [0.25, 0.3) is 0 Å². The minimum atomic E-state index is -0.829. The van der Waals surface area contributed by atoms with E-state index < -0.39 is 6.09 Å². The number of carbonyl (C=O) groups is 1. The standard InChI is InChI=1S/C18H27N3O3/c22-17(23)21-10-5-18(6-11-21,16-4-3-7-19-14-16)15-24-13-12-20-8-1-2-9-20/h3-4,7,14H,1-2,5-6,8-13,15H2,(H,22,23). The average Bonchev–Trinajstić information content (AvgIpc) is 3.13. The first-order valence-electron chi connectivity index (χ1n) is 8.88. The Morgan fingerprint density at radius 3 is 2.62 bits per heavy atom. The maximum absolute atomic E-state index is 11.2. The molecule has 0 saturated carbocycles. The Morgan fingerprint density at radius 2 is 2.00 bits per heavy atom. The summed E-state index contributed by atoms with van der Waals surface area (Å²) in [5.74, 6) is 0. The second kappa shape index (κ2) is 7.94. The minimum Gasteiger partial charge on any atom is -0.465 e. The fourth-order valence-electron chi connectivity index (χ4n) is 3.79. The third-order valence-electron chi connectivity index (χ3n) is 5.39. The van der Waals surface area contributed by atoms with Crippen LogP contribution < -0.4 is 0 Å². The van der Waals surface area contributed by atoms with Crippen LogP contribution in [-0.4, -0.2) is 71.9 Å². The SMILES string of the molecule is O=C(O)N1CCC(COCCN2CCCC2)(c2cccnc2)CC1. The van der Waals surface area contributed by atoms with Crippen LogP contribution in [0.15, 0.2) is 24.5 Å². The molecule has 3 rings (SSSR count). The Kier molecular flexibility index (Phi) is 5.68. The van der Waals surface area contributed by atoms with Gasteiger partial charge in [-0.2, -0.15) is 0 Å². The molecular weight excluding hydrogens is 306 g/mol. The molecule has 0 unspecified atom stereocenters. The highest BCUT2D eigenvalue weighted by molar-refractivity contribution is 5.65. The van der Waals surface area contributed by atoms with Crippen molar-refractivity contribution in [3.8, 4) is 0 Å². The van der Waals surface area contributed by atoms with Gasteiger partial charge in [-0.15, -0.1) is 0 Å². The summed E-state index contributed by atoms with van der Waals surface area (Å²) in [7, 11) is 0. The van der Waals surface area contributed by atoms with E-state index in [0.29, 0.717) is 19.7 Å². The van der Waals surface area contributed by atoms with Crippen molar-refractivity contribution in [3.05, 3.63) is 30.1 Å². The Morgan fingerprint density at radius 1 is 1.25 bits per heavy atom. The molecule has 2 saturated heterocycles. The van der Waals surface area contributed by atoms with E-state index >= 15 is 0 Å². The summed E-state index contributed by atoms with van der Waals surface area (Å²) in [6.45, 7) is 5.85. The summed E-state index contributed by atoms with van der Waals surface area (Å²) >= 11 is 0. The zero-order valence-electron chi connectivity index (χ0n) is 14.2. The number of rotatable bonds is 6. The van der Waals surface area contributed by atoms with Gasteiger partial charge in [-0.25, -0.2) is 4.79 Å². The molecule has 0 aliphatic carbocycles. The fraction of sp³-hybridized carbons (Fsp3) is 0.667. The molecule has 6 nitrogen and oxygen atoms in total. The summed E-state index contributed by atoms with van der Waals surface area (Å²) in [6, 6.07) is 4.04. The summed E-state index contributed by atoms with van der Waals surface area (Å²) < 4.78 is 6.05. The molecule has 132 valence electrons. The number of aromatic nitrogens is 1. The van der Waals surface area contributed by atoms with Crippen LogP contribution in [0.4, 0.5) is 4.79 Å². The van der Waals surface area contributed by atoms with Crippen molar-refractivity contribution in [2.75, 3.05) is 45.9 Å². The molecule has 1 amide bonds. The number of pyridine rings is 1. The van der Waals surface area contributed by atoms with Crippen molar-refractivity contribution in [2.45, 2.75) is 31.1 Å². The molecule has 0 aromatic carbocycles.